The molecule has 0 aliphatic carbocycles. The number of halogens is 3. The Bertz CT molecular complexity index is 1290. The average molecular weight is 430 g/mol. The van der Waals surface area contributed by atoms with Gasteiger partial charge in [-0.25, -0.2) is 9.97 Å². The van der Waals surface area contributed by atoms with Crippen LogP contribution in [-0.4, -0.2) is 31.3 Å². The van der Waals surface area contributed by atoms with Crippen molar-refractivity contribution >= 4 is 28.1 Å². The van der Waals surface area contributed by atoms with Crippen molar-refractivity contribution < 1.29 is 22.8 Å². The lowest BCUT2D eigenvalue weighted by Gasteiger charge is -2.13. The summed E-state index contributed by atoms with van der Waals surface area (Å²) in [6.45, 7) is -3.26. The van der Waals surface area contributed by atoms with E-state index in [1.807, 2.05) is 18.2 Å². The number of benzene rings is 2. The Morgan fingerprint density at radius 1 is 1.19 bits per heavy atom. The van der Waals surface area contributed by atoms with Crippen LogP contribution >= 0.6 is 0 Å². The molecule has 0 spiro atoms. The van der Waals surface area contributed by atoms with E-state index in [2.05, 4.69) is 25.1 Å². The van der Waals surface area contributed by atoms with Crippen LogP contribution in [0.1, 0.15) is 0 Å². The molecule has 0 radical (unpaired) electrons. The van der Waals surface area contributed by atoms with Crippen molar-refractivity contribution in [1.29, 1.82) is 0 Å². The lowest BCUT2D eigenvalue weighted by Crippen LogP contribution is -2.07. The fourth-order valence-electron chi connectivity index (χ4n) is 3.00. The van der Waals surface area contributed by atoms with Crippen LogP contribution in [0.15, 0.2) is 48.9 Å². The number of ether oxygens (including phenoxy) is 1. The quantitative estimate of drug-likeness (QED) is 0.356. The van der Waals surface area contributed by atoms with Crippen molar-refractivity contribution in [3.63, 3.8) is 0 Å². The van der Waals surface area contributed by atoms with Crippen molar-refractivity contribution in [2.75, 3.05) is 5.32 Å². The number of nitro benzene ring substituents is 1. The first-order chi connectivity index (χ1) is 14.8. The highest BCUT2D eigenvalue weighted by molar-refractivity contribution is 5.84. The van der Waals surface area contributed by atoms with Crippen LogP contribution in [0.2, 0.25) is 0 Å². The average Bonchev–Trinajstić information content (AvgIpc) is 3.10. The van der Waals surface area contributed by atoms with Gasteiger partial charge in [-0.1, -0.05) is 12.1 Å². The van der Waals surface area contributed by atoms with E-state index in [1.165, 1.54) is 12.4 Å². The maximum absolute atomic E-state index is 13.9. The fourth-order valence-corrected chi connectivity index (χ4v) is 3.00. The summed E-state index contributed by atoms with van der Waals surface area (Å²) in [5, 5.41) is 18.8. The molecule has 0 saturated heterocycles. The number of fused-ring (bicyclic) bond motifs is 1. The standard InChI is InChI=1S/C19H13F3N6O3/c1-27-15-4-10(2-3-11(15)8-25-27)13-7-18(24-9-23-13)26-14-6-16(28(29)30)12(20)5-17(14)31-19(21)22/h2-9,19H,1H3,(H,23,24,26). The van der Waals surface area contributed by atoms with Gasteiger partial charge in [0.2, 0.25) is 5.82 Å². The molecule has 0 atom stereocenters. The first kappa shape index (κ1) is 20.1. The van der Waals surface area contributed by atoms with E-state index < -0.39 is 28.8 Å². The maximum Gasteiger partial charge on any atom is 0.387 e. The van der Waals surface area contributed by atoms with Gasteiger partial charge in [0.15, 0.2) is 5.75 Å². The molecule has 0 aliphatic rings. The summed E-state index contributed by atoms with van der Waals surface area (Å²) < 4.78 is 45.3. The molecule has 0 amide bonds. The second-order valence-electron chi connectivity index (χ2n) is 6.39. The van der Waals surface area contributed by atoms with Crippen molar-refractivity contribution in [1.82, 2.24) is 19.7 Å². The van der Waals surface area contributed by atoms with Crippen molar-refractivity contribution in [2.45, 2.75) is 6.61 Å². The second kappa shape index (κ2) is 7.89. The molecule has 2 heterocycles. The molecule has 1 N–H and O–H groups in total. The molecule has 9 nitrogen and oxygen atoms in total. The summed E-state index contributed by atoms with van der Waals surface area (Å²) >= 11 is 0. The summed E-state index contributed by atoms with van der Waals surface area (Å²) in [5.41, 5.74) is 0.942. The Morgan fingerprint density at radius 3 is 2.74 bits per heavy atom. The molecule has 2 aromatic heterocycles. The fraction of sp³-hybridized carbons (Fsp3) is 0.105. The number of alkyl halides is 2. The zero-order valence-electron chi connectivity index (χ0n) is 15.8. The van der Waals surface area contributed by atoms with Crippen LogP contribution in [0.3, 0.4) is 0 Å². The molecule has 0 bridgehead atoms. The summed E-state index contributed by atoms with van der Waals surface area (Å²) in [5.74, 6) is -1.77. The zero-order valence-corrected chi connectivity index (χ0v) is 15.8. The van der Waals surface area contributed by atoms with Crippen LogP contribution < -0.4 is 10.1 Å². The molecule has 0 aliphatic heterocycles. The number of aromatic nitrogens is 4. The van der Waals surface area contributed by atoms with E-state index >= 15 is 0 Å². The molecule has 2 aromatic carbocycles. The third-order valence-electron chi connectivity index (χ3n) is 4.44. The van der Waals surface area contributed by atoms with Gasteiger partial charge in [0.1, 0.15) is 12.1 Å². The Labute approximate surface area is 172 Å². The second-order valence-corrected chi connectivity index (χ2v) is 6.39. The van der Waals surface area contributed by atoms with Crippen molar-refractivity contribution in [3.8, 4) is 17.0 Å². The monoisotopic (exact) mass is 430 g/mol. The smallest absolute Gasteiger partial charge is 0.387 e. The van der Waals surface area contributed by atoms with Crippen molar-refractivity contribution in [2.24, 2.45) is 7.05 Å². The number of rotatable bonds is 6. The van der Waals surface area contributed by atoms with Gasteiger partial charge >= 0.3 is 12.3 Å². The first-order valence-corrected chi connectivity index (χ1v) is 8.76. The van der Waals surface area contributed by atoms with Crippen LogP contribution in [0.25, 0.3) is 22.2 Å². The Hall–Kier alpha value is -4.22. The van der Waals surface area contributed by atoms with Gasteiger partial charge in [0.25, 0.3) is 0 Å². The lowest BCUT2D eigenvalue weighted by molar-refractivity contribution is -0.387. The third kappa shape index (κ3) is 4.08. The predicted octanol–water partition coefficient (Wildman–Crippen LogP) is 4.42. The molecular formula is C19H13F3N6O3. The molecule has 31 heavy (non-hydrogen) atoms. The highest BCUT2D eigenvalue weighted by Crippen LogP contribution is 2.35. The molecular weight excluding hydrogens is 417 g/mol. The van der Waals surface area contributed by atoms with Crippen LogP contribution in [0.4, 0.5) is 30.4 Å². The topological polar surface area (TPSA) is 108 Å². The maximum atomic E-state index is 13.9. The predicted molar refractivity (Wildman–Crippen MR) is 105 cm³/mol. The number of hydrogen-bond donors (Lipinski definition) is 1. The number of nitrogens with zero attached hydrogens (tertiary/aromatic N) is 5. The largest absolute Gasteiger partial charge is 0.432 e. The van der Waals surface area contributed by atoms with E-state index in [1.54, 1.807) is 17.9 Å². The molecule has 0 saturated carbocycles. The van der Waals surface area contributed by atoms with Crippen LogP contribution in [0.5, 0.6) is 5.75 Å². The SMILES string of the molecule is Cn1ncc2ccc(-c3cc(Nc4cc([N+](=O)[O-])c(F)cc4OC(F)F)ncn3)cc21. The highest BCUT2D eigenvalue weighted by Gasteiger charge is 2.21. The lowest BCUT2D eigenvalue weighted by atomic mass is 10.1. The molecule has 0 unspecified atom stereocenters. The Balaban J connectivity index is 1.72. The highest BCUT2D eigenvalue weighted by atomic mass is 19.3. The molecule has 0 fully saturated rings. The van der Waals surface area contributed by atoms with E-state index in [0.717, 1.165) is 22.5 Å². The van der Waals surface area contributed by atoms with Crippen molar-refractivity contribution in [3.05, 3.63) is 64.9 Å². The first-order valence-electron chi connectivity index (χ1n) is 8.76. The van der Waals surface area contributed by atoms with Gasteiger partial charge in [-0.3, -0.25) is 14.8 Å². The molecule has 4 aromatic rings. The molecule has 158 valence electrons. The van der Waals surface area contributed by atoms with Crippen LogP contribution in [0, 0.1) is 15.9 Å². The normalized spacial score (nSPS) is 11.1. The van der Waals surface area contributed by atoms with Gasteiger partial charge in [-0.15, -0.1) is 0 Å². The Kier molecular flexibility index (Phi) is 5.11. The van der Waals surface area contributed by atoms with E-state index in [4.69, 9.17) is 0 Å². The zero-order chi connectivity index (χ0) is 22.1. The summed E-state index contributed by atoms with van der Waals surface area (Å²) in [6.07, 6.45) is 2.95. The molecule has 4 rings (SSSR count). The summed E-state index contributed by atoms with van der Waals surface area (Å²) in [4.78, 5) is 18.3. The molecule has 12 heteroatoms. The minimum atomic E-state index is -3.26. The number of nitrogens with one attached hydrogen (secondary N) is 1. The minimum Gasteiger partial charge on any atom is -0.432 e. The van der Waals surface area contributed by atoms with Gasteiger partial charge in [0, 0.05) is 36.2 Å². The van der Waals surface area contributed by atoms with E-state index in [-0.39, 0.29) is 11.5 Å². The third-order valence-corrected chi connectivity index (χ3v) is 4.44. The van der Waals surface area contributed by atoms with Gasteiger partial charge < -0.3 is 10.1 Å². The van der Waals surface area contributed by atoms with Gasteiger partial charge in [-0.05, 0) is 6.07 Å². The Morgan fingerprint density at radius 2 is 2.00 bits per heavy atom. The number of anilines is 2. The van der Waals surface area contributed by atoms with E-state index in [0.29, 0.717) is 11.8 Å². The number of nitro groups is 1. The number of hydrogen-bond acceptors (Lipinski definition) is 7. The summed E-state index contributed by atoms with van der Waals surface area (Å²) in [6, 6.07) is 8.35. The van der Waals surface area contributed by atoms with Crippen LogP contribution in [-0.2, 0) is 7.05 Å². The van der Waals surface area contributed by atoms with Gasteiger partial charge in [0.05, 0.1) is 28.0 Å². The van der Waals surface area contributed by atoms with E-state index in [9.17, 15) is 23.3 Å². The summed E-state index contributed by atoms with van der Waals surface area (Å²) in [7, 11) is 1.80. The van der Waals surface area contributed by atoms with Gasteiger partial charge in [-0.2, -0.15) is 18.3 Å². The number of aryl methyl sites for hydroxylation is 1. The minimum absolute atomic E-state index is 0.134.